The van der Waals surface area contributed by atoms with Crippen LogP contribution in [0.25, 0.3) is 0 Å². The summed E-state index contributed by atoms with van der Waals surface area (Å²) in [5.74, 6) is 0.326. The van der Waals surface area contributed by atoms with Crippen molar-refractivity contribution in [3.63, 3.8) is 0 Å². The first-order chi connectivity index (χ1) is 7.58. The second kappa shape index (κ2) is 4.13. The number of carboxylic acid groups (broad SMARTS) is 1. The molecule has 0 bridgehead atoms. The van der Waals surface area contributed by atoms with Crippen LogP contribution in [0.3, 0.4) is 0 Å². The molecule has 0 spiro atoms. The largest absolute Gasteiger partial charge is 0.477 e. The number of imidazole rings is 1. The minimum absolute atomic E-state index is 0.157. The molecule has 84 valence electrons. The van der Waals surface area contributed by atoms with Crippen LogP contribution in [-0.4, -0.2) is 20.6 Å². The Morgan fingerprint density at radius 2 is 2.38 bits per heavy atom. The summed E-state index contributed by atoms with van der Waals surface area (Å²) in [6.45, 7) is 2.11. The fourth-order valence-corrected chi connectivity index (χ4v) is 1.77. The Morgan fingerprint density at radius 1 is 1.62 bits per heavy atom. The summed E-state index contributed by atoms with van der Waals surface area (Å²) in [5, 5.41) is 8.96. The van der Waals surface area contributed by atoms with Crippen molar-refractivity contribution in [1.29, 1.82) is 0 Å². The number of rotatable bonds is 3. The number of nitrogens with zero attached hydrogens (tertiary/aromatic N) is 2. The topological polar surface area (TPSA) is 68.3 Å². The Balaban J connectivity index is 2.33. The number of hydrogen-bond donors (Lipinski definition) is 1. The Kier molecular flexibility index (Phi) is 2.82. The summed E-state index contributed by atoms with van der Waals surface area (Å²) in [6, 6.07) is 3.55. The van der Waals surface area contributed by atoms with Gasteiger partial charge in [-0.1, -0.05) is 0 Å². The van der Waals surface area contributed by atoms with Crippen molar-refractivity contribution in [2.75, 3.05) is 0 Å². The third-order valence-corrected chi connectivity index (χ3v) is 2.64. The third kappa shape index (κ3) is 2.01. The molecule has 2 rings (SSSR count). The van der Waals surface area contributed by atoms with Crippen LogP contribution in [0.5, 0.6) is 0 Å². The van der Waals surface area contributed by atoms with Crippen molar-refractivity contribution in [1.82, 2.24) is 9.55 Å². The third-order valence-electron chi connectivity index (χ3n) is 2.22. The highest BCUT2D eigenvalue weighted by atomic mass is 79.9. The molecule has 2 aromatic rings. The van der Waals surface area contributed by atoms with E-state index in [2.05, 4.69) is 20.9 Å². The lowest BCUT2D eigenvalue weighted by atomic mass is 10.4. The van der Waals surface area contributed by atoms with Crippen LogP contribution in [-0.2, 0) is 6.54 Å². The molecule has 0 aliphatic rings. The van der Waals surface area contributed by atoms with Crippen molar-refractivity contribution in [2.45, 2.75) is 13.5 Å². The molecule has 6 heteroatoms. The van der Waals surface area contributed by atoms with E-state index in [-0.39, 0.29) is 5.69 Å². The van der Waals surface area contributed by atoms with Gasteiger partial charge in [0.15, 0.2) is 4.67 Å². The van der Waals surface area contributed by atoms with Crippen LogP contribution in [0.4, 0.5) is 0 Å². The maximum Gasteiger partial charge on any atom is 0.354 e. The molecule has 2 heterocycles. The van der Waals surface area contributed by atoms with Crippen LogP contribution in [0.15, 0.2) is 27.4 Å². The van der Waals surface area contributed by atoms with E-state index in [1.807, 2.05) is 0 Å². The lowest BCUT2D eigenvalue weighted by Gasteiger charge is -2.04. The average molecular weight is 285 g/mol. The van der Waals surface area contributed by atoms with Crippen molar-refractivity contribution < 1.29 is 14.3 Å². The molecule has 0 saturated carbocycles. The Hall–Kier alpha value is -1.56. The molecule has 0 atom stereocenters. The zero-order chi connectivity index (χ0) is 11.7. The number of furan rings is 1. The molecule has 5 nitrogen and oxygen atoms in total. The first kappa shape index (κ1) is 10.9. The number of hydrogen-bond acceptors (Lipinski definition) is 3. The van der Waals surface area contributed by atoms with E-state index in [4.69, 9.17) is 9.52 Å². The maximum absolute atomic E-state index is 10.9. The molecule has 1 N–H and O–H groups in total. The first-order valence-electron chi connectivity index (χ1n) is 4.57. The molecule has 0 amide bonds. The van der Waals surface area contributed by atoms with Crippen LogP contribution < -0.4 is 0 Å². The zero-order valence-electron chi connectivity index (χ0n) is 8.48. The second-order valence-corrected chi connectivity index (χ2v) is 4.07. The number of carboxylic acids is 1. The van der Waals surface area contributed by atoms with Gasteiger partial charge in [0.05, 0.1) is 12.7 Å². The van der Waals surface area contributed by atoms with Crippen LogP contribution in [0.2, 0.25) is 0 Å². The summed E-state index contributed by atoms with van der Waals surface area (Å²) in [7, 11) is 0. The highest BCUT2D eigenvalue weighted by Gasteiger charge is 2.14. The standard InChI is InChI=1S/C10H9BrN2O3/c1-6-12-4-8(10(14)15)13(6)5-7-2-3-9(11)16-7/h2-4H,5H2,1H3,(H,14,15). The van der Waals surface area contributed by atoms with E-state index in [0.717, 1.165) is 0 Å². The van der Waals surface area contributed by atoms with Crippen LogP contribution in [0, 0.1) is 6.92 Å². The van der Waals surface area contributed by atoms with Crippen molar-refractivity contribution in [3.8, 4) is 0 Å². The van der Waals surface area contributed by atoms with Crippen LogP contribution in [0.1, 0.15) is 22.1 Å². The predicted molar refractivity (Wildman–Crippen MR) is 59.4 cm³/mol. The van der Waals surface area contributed by atoms with Gasteiger partial charge in [-0.2, -0.15) is 0 Å². The lowest BCUT2D eigenvalue weighted by molar-refractivity contribution is 0.0685. The predicted octanol–water partition coefficient (Wildman–Crippen LogP) is 2.29. The van der Waals surface area contributed by atoms with E-state index >= 15 is 0 Å². The molecule has 16 heavy (non-hydrogen) atoms. The Morgan fingerprint density at radius 3 is 2.94 bits per heavy atom. The monoisotopic (exact) mass is 284 g/mol. The number of carbonyl (C=O) groups is 1. The van der Waals surface area contributed by atoms with Crippen molar-refractivity contribution in [2.24, 2.45) is 0 Å². The molecule has 0 aliphatic carbocycles. The first-order valence-corrected chi connectivity index (χ1v) is 5.37. The van der Waals surface area contributed by atoms with E-state index in [9.17, 15) is 4.79 Å². The summed E-state index contributed by atoms with van der Waals surface area (Å²) in [5.41, 5.74) is 0.157. The number of halogens is 1. The Labute approximate surface area is 99.8 Å². The van der Waals surface area contributed by atoms with Gasteiger partial charge in [0.1, 0.15) is 17.3 Å². The average Bonchev–Trinajstić information content (AvgIpc) is 2.76. The minimum atomic E-state index is -0.994. The van der Waals surface area contributed by atoms with Gasteiger partial charge in [-0.3, -0.25) is 0 Å². The summed E-state index contributed by atoms with van der Waals surface area (Å²) in [4.78, 5) is 14.9. The number of aryl methyl sites for hydroxylation is 1. The molecule has 0 fully saturated rings. The summed E-state index contributed by atoms with van der Waals surface area (Å²) < 4.78 is 7.53. The summed E-state index contributed by atoms with van der Waals surface area (Å²) in [6.07, 6.45) is 1.34. The van der Waals surface area contributed by atoms with Gasteiger partial charge in [0.25, 0.3) is 0 Å². The molecular formula is C10H9BrN2O3. The Bertz CT molecular complexity index is 530. The van der Waals surface area contributed by atoms with E-state index in [0.29, 0.717) is 22.8 Å². The zero-order valence-corrected chi connectivity index (χ0v) is 10.1. The molecular weight excluding hydrogens is 276 g/mol. The SMILES string of the molecule is Cc1ncc(C(=O)O)n1Cc1ccc(Br)o1. The summed E-state index contributed by atoms with van der Waals surface area (Å²) >= 11 is 3.19. The number of aromatic nitrogens is 2. The van der Waals surface area contributed by atoms with E-state index < -0.39 is 5.97 Å². The van der Waals surface area contributed by atoms with Gasteiger partial charge in [0.2, 0.25) is 0 Å². The smallest absolute Gasteiger partial charge is 0.354 e. The van der Waals surface area contributed by atoms with Gasteiger partial charge < -0.3 is 14.1 Å². The molecule has 0 saturated heterocycles. The van der Waals surface area contributed by atoms with Crippen molar-refractivity contribution in [3.05, 3.63) is 40.3 Å². The van der Waals surface area contributed by atoms with Gasteiger partial charge in [-0.15, -0.1) is 0 Å². The van der Waals surface area contributed by atoms with Gasteiger partial charge in [-0.25, -0.2) is 9.78 Å². The van der Waals surface area contributed by atoms with Gasteiger partial charge >= 0.3 is 5.97 Å². The van der Waals surface area contributed by atoms with Gasteiger partial charge in [-0.05, 0) is 35.0 Å². The van der Waals surface area contributed by atoms with Crippen molar-refractivity contribution >= 4 is 21.9 Å². The fraction of sp³-hybridized carbons (Fsp3) is 0.200. The molecule has 2 aromatic heterocycles. The minimum Gasteiger partial charge on any atom is -0.477 e. The molecule has 0 unspecified atom stereocenters. The quantitative estimate of drug-likeness (QED) is 0.939. The fourth-order valence-electron chi connectivity index (χ4n) is 1.43. The van der Waals surface area contributed by atoms with E-state index in [1.165, 1.54) is 6.20 Å². The molecule has 0 aromatic carbocycles. The maximum atomic E-state index is 10.9. The highest BCUT2D eigenvalue weighted by molar-refractivity contribution is 9.10. The van der Waals surface area contributed by atoms with E-state index in [1.54, 1.807) is 23.6 Å². The lowest BCUT2D eigenvalue weighted by Crippen LogP contribution is -2.10. The highest BCUT2D eigenvalue weighted by Crippen LogP contribution is 2.16. The second-order valence-electron chi connectivity index (χ2n) is 3.29. The molecule has 0 radical (unpaired) electrons. The number of aromatic carboxylic acids is 1. The van der Waals surface area contributed by atoms with Gasteiger partial charge in [0, 0.05) is 0 Å². The normalized spacial score (nSPS) is 10.6. The molecule has 0 aliphatic heterocycles. The van der Waals surface area contributed by atoms with Crippen LogP contribution >= 0.6 is 15.9 Å².